The molecule has 0 aliphatic carbocycles. The zero-order valence-electron chi connectivity index (χ0n) is 10.5. The molecule has 2 saturated heterocycles. The van der Waals surface area contributed by atoms with Gasteiger partial charge in [0.2, 0.25) is 0 Å². The van der Waals surface area contributed by atoms with E-state index in [0.29, 0.717) is 23.2 Å². The fourth-order valence-electron chi connectivity index (χ4n) is 3.11. The first-order chi connectivity index (χ1) is 9.20. The van der Waals surface area contributed by atoms with Crippen molar-refractivity contribution in [3.8, 4) is 6.07 Å². The summed E-state index contributed by atoms with van der Waals surface area (Å²) in [5, 5.41) is 12.4. The maximum Gasteiger partial charge on any atom is 0.161 e. The molecule has 1 N–H and O–H groups in total. The van der Waals surface area contributed by atoms with Crippen LogP contribution in [0.5, 0.6) is 0 Å². The number of nitrogens with one attached hydrogen (secondary N) is 1. The normalized spacial score (nSPS) is 26.1. The van der Waals surface area contributed by atoms with Crippen molar-refractivity contribution in [3.05, 3.63) is 28.0 Å². The lowest BCUT2D eigenvalue weighted by Crippen LogP contribution is -2.40. The highest BCUT2D eigenvalue weighted by Gasteiger charge is 2.35. The van der Waals surface area contributed by atoms with E-state index in [1.165, 1.54) is 12.8 Å². The lowest BCUT2D eigenvalue weighted by atomic mass is 9.94. The number of nitriles is 1. The minimum Gasteiger partial charge on any atom is -0.367 e. The Kier molecular flexibility index (Phi) is 3.46. The Bertz CT molecular complexity index is 526. The third-order valence-corrected chi connectivity index (χ3v) is 4.90. The Morgan fingerprint density at radius 1 is 1.42 bits per heavy atom. The predicted octanol–water partition coefficient (Wildman–Crippen LogP) is 2.65. The van der Waals surface area contributed by atoms with Gasteiger partial charge in [-0.3, -0.25) is 0 Å². The Labute approximate surface area is 120 Å². The SMILES string of the molecule is N#Cc1ccc(N2CC3CCCNC3C2)c(F)c1Br. The Balaban J connectivity index is 1.88. The van der Waals surface area contributed by atoms with E-state index in [1.807, 2.05) is 6.07 Å². The van der Waals surface area contributed by atoms with E-state index in [1.54, 1.807) is 12.1 Å². The van der Waals surface area contributed by atoms with Crippen LogP contribution in [0.2, 0.25) is 0 Å². The largest absolute Gasteiger partial charge is 0.367 e. The van der Waals surface area contributed by atoms with Crippen LogP contribution in [0.4, 0.5) is 10.1 Å². The van der Waals surface area contributed by atoms with Crippen LogP contribution in [-0.4, -0.2) is 25.7 Å². The zero-order valence-corrected chi connectivity index (χ0v) is 12.1. The van der Waals surface area contributed by atoms with Crippen LogP contribution in [-0.2, 0) is 0 Å². The fraction of sp³-hybridized carbons (Fsp3) is 0.500. The molecule has 0 saturated carbocycles. The topological polar surface area (TPSA) is 39.1 Å². The molecule has 2 heterocycles. The van der Waals surface area contributed by atoms with Gasteiger partial charge in [0.25, 0.3) is 0 Å². The summed E-state index contributed by atoms with van der Waals surface area (Å²) in [5.41, 5.74) is 0.943. The molecule has 100 valence electrons. The van der Waals surface area contributed by atoms with Gasteiger partial charge < -0.3 is 10.2 Å². The summed E-state index contributed by atoms with van der Waals surface area (Å²) in [7, 11) is 0. The van der Waals surface area contributed by atoms with E-state index in [9.17, 15) is 4.39 Å². The van der Waals surface area contributed by atoms with Gasteiger partial charge in [0, 0.05) is 19.1 Å². The van der Waals surface area contributed by atoms with Crippen molar-refractivity contribution in [2.45, 2.75) is 18.9 Å². The molecule has 3 nitrogen and oxygen atoms in total. The quantitative estimate of drug-likeness (QED) is 0.863. The molecule has 1 aromatic carbocycles. The molecule has 0 spiro atoms. The molecule has 19 heavy (non-hydrogen) atoms. The molecule has 1 aromatic rings. The maximum atomic E-state index is 14.3. The van der Waals surface area contributed by atoms with Crippen molar-refractivity contribution >= 4 is 21.6 Å². The highest BCUT2D eigenvalue weighted by Crippen LogP contribution is 2.34. The first kappa shape index (κ1) is 12.9. The Morgan fingerprint density at radius 3 is 3.00 bits per heavy atom. The van der Waals surface area contributed by atoms with Crippen molar-refractivity contribution in [1.82, 2.24) is 5.32 Å². The van der Waals surface area contributed by atoms with Crippen molar-refractivity contribution in [2.75, 3.05) is 24.5 Å². The summed E-state index contributed by atoms with van der Waals surface area (Å²) in [6.07, 6.45) is 2.42. The number of benzene rings is 1. The van der Waals surface area contributed by atoms with Gasteiger partial charge in [-0.1, -0.05) is 0 Å². The molecule has 3 rings (SSSR count). The number of halogens is 2. The number of hydrogen-bond donors (Lipinski definition) is 1. The van der Waals surface area contributed by atoms with Gasteiger partial charge in [-0.15, -0.1) is 0 Å². The van der Waals surface area contributed by atoms with Crippen molar-refractivity contribution in [2.24, 2.45) is 5.92 Å². The highest BCUT2D eigenvalue weighted by atomic mass is 79.9. The summed E-state index contributed by atoms with van der Waals surface area (Å²) >= 11 is 3.18. The number of fused-ring (bicyclic) bond motifs is 1. The molecule has 0 radical (unpaired) electrons. The van der Waals surface area contributed by atoms with E-state index in [-0.39, 0.29) is 10.3 Å². The Hall–Kier alpha value is -1.12. The summed E-state index contributed by atoms with van der Waals surface area (Å²) < 4.78 is 14.6. The number of piperidine rings is 1. The number of anilines is 1. The average molecular weight is 324 g/mol. The van der Waals surface area contributed by atoms with Crippen LogP contribution >= 0.6 is 15.9 Å². The van der Waals surface area contributed by atoms with Crippen LogP contribution in [0, 0.1) is 23.1 Å². The van der Waals surface area contributed by atoms with Crippen LogP contribution in [0.25, 0.3) is 0 Å². The number of nitrogens with zero attached hydrogens (tertiary/aromatic N) is 2. The second-order valence-corrected chi connectivity index (χ2v) is 6.03. The molecule has 2 aliphatic heterocycles. The minimum atomic E-state index is -0.322. The van der Waals surface area contributed by atoms with Gasteiger partial charge in [-0.05, 0) is 53.4 Å². The molecule has 5 heteroatoms. The zero-order chi connectivity index (χ0) is 13.4. The molecule has 2 aliphatic rings. The molecular weight excluding hydrogens is 309 g/mol. The second-order valence-electron chi connectivity index (χ2n) is 5.24. The Morgan fingerprint density at radius 2 is 2.26 bits per heavy atom. The van der Waals surface area contributed by atoms with Crippen LogP contribution in [0.1, 0.15) is 18.4 Å². The van der Waals surface area contributed by atoms with Gasteiger partial charge in [0.15, 0.2) is 5.82 Å². The third-order valence-electron chi connectivity index (χ3n) is 4.12. The van der Waals surface area contributed by atoms with Gasteiger partial charge in [-0.2, -0.15) is 5.26 Å². The lowest BCUT2D eigenvalue weighted by molar-refractivity contribution is 0.340. The molecule has 0 aromatic heterocycles. The first-order valence-corrected chi connectivity index (χ1v) is 7.36. The summed E-state index contributed by atoms with van der Waals surface area (Å²) in [4.78, 5) is 2.09. The predicted molar refractivity (Wildman–Crippen MR) is 75.5 cm³/mol. The monoisotopic (exact) mass is 323 g/mol. The highest BCUT2D eigenvalue weighted by molar-refractivity contribution is 9.10. The van der Waals surface area contributed by atoms with E-state index in [0.717, 1.165) is 19.6 Å². The fourth-order valence-corrected chi connectivity index (χ4v) is 3.54. The van der Waals surface area contributed by atoms with Crippen LogP contribution in [0.3, 0.4) is 0 Å². The van der Waals surface area contributed by atoms with Crippen molar-refractivity contribution < 1.29 is 4.39 Å². The first-order valence-electron chi connectivity index (χ1n) is 6.57. The van der Waals surface area contributed by atoms with Crippen LogP contribution < -0.4 is 10.2 Å². The van der Waals surface area contributed by atoms with Crippen molar-refractivity contribution in [1.29, 1.82) is 5.26 Å². The average Bonchev–Trinajstić information content (AvgIpc) is 2.85. The molecular formula is C14H15BrFN3. The van der Waals surface area contributed by atoms with E-state index in [2.05, 4.69) is 26.1 Å². The van der Waals surface area contributed by atoms with E-state index >= 15 is 0 Å². The maximum absolute atomic E-state index is 14.3. The summed E-state index contributed by atoms with van der Waals surface area (Å²) in [6.45, 7) is 2.81. The number of hydrogen-bond acceptors (Lipinski definition) is 3. The minimum absolute atomic E-state index is 0.273. The van der Waals surface area contributed by atoms with E-state index < -0.39 is 0 Å². The standard InChI is InChI=1S/C14H15BrFN3/c15-13-9(6-17)3-4-12(14(13)16)19-7-10-2-1-5-18-11(10)8-19/h3-4,10-11,18H,1-2,5,7-8H2. The number of rotatable bonds is 1. The molecule has 0 amide bonds. The van der Waals surface area contributed by atoms with Gasteiger partial charge in [0.05, 0.1) is 15.7 Å². The summed E-state index contributed by atoms with van der Waals surface area (Å²) in [5.74, 6) is 0.292. The van der Waals surface area contributed by atoms with Gasteiger partial charge in [-0.25, -0.2) is 4.39 Å². The van der Waals surface area contributed by atoms with Gasteiger partial charge in [0.1, 0.15) is 6.07 Å². The smallest absolute Gasteiger partial charge is 0.161 e. The van der Waals surface area contributed by atoms with Crippen molar-refractivity contribution in [3.63, 3.8) is 0 Å². The summed E-state index contributed by atoms with van der Waals surface area (Å²) in [6, 6.07) is 5.86. The van der Waals surface area contributed by atoms with E-state index in [4.69, 9.17) is 5.26 Å². The molecule has 2 unspecified atom stereocenters. The second kappa shape index (κ2) is 5.10. The molecule has 2 atom stereocenters. The lowest BCUT2D eigenvalue weighted by Gasteiger charge is -2.24. The molecule has 2 fully saturated rings. The van der Waals surface area contributed by atoms with Gasteiger partial charge >= 0.3 is 0 Å². The third kappa shape index (κ3) is 2.24. The molecule has 0 bridgehead atoms. The van der Waals surface area contributed by atoms with Crippen LogP contribution in [0.15, 0.2) is 16.6 Å².